The van der Waals surface area contributed by atoms with Crippen LogP contribution in [0.25, 0.3) is 0 Å². The average molecular weight is 187 g/mol. The van der Waals surface area contributed by atoms with Crippen molar-refractivity contribution in [3.8, 4) is 0 Å². The van der Waals surface area contributed by atoms with Gasteiger partial charge in [0, 0.05) is 14.1 Å². The molecule has 0 heterocycles. The van der Waals surface area contributed by atoms with E-state index in [9.17, 15) is 9.59 Å². The fraction of sp³-hybridized carbons (Fsp3) is 0.750. The van der Waals surface area contributed by atoms with Crippen LogP contribution >= 0.6 is 0 Å². The first-order chi connectivity index (χ1) is 5.99. The van der Waals surface area contributed by atoms with Gasteiger partial charge in [0.15, 0.2) is 0 Å². The minimum atomic E-state index is -0.519. The lowest BCUT2D eigenvalue weighted by atomic mass is 10.2. The fourth-order valence-corrected chi connectivity index (χ4v) is 0.637. The number of carbonyl (C=O) groups is 2. The lowest BCUT2D eigenvalue weighted by molar-refractivity contribution is -0.131. The Morgan fingerprint density at radius 1 is 1.46 bits per heavy atom. The molecular formula is C8H17N3O2. The third-order valence-electron chi connectivity index (χ3n) is 1.69. The molecule has 0 unspecified atom stereocenters. The molecule has 3 N–H and O–H groups in total. The van der Waals surface area contributed by atoms with E-state index in [0.29, 0.717) is 6.42 Å². The van der Waals surface area contributed by atoms with Crippen LogP contribution in [0.3, 0.4) is 0 Å². The maximum Gasteiger partial charge on any atom is 0.241 e. The molecule has 5 heteroatoms. The van der Waals surface area contributed by atoms with Crippen molar-refractivity contribution in [3.05, 3.63) is 0 Å². The molecule has 0 aliphatic carbocycles. The summed E-state index contributed by atoms with van der Waals surface area (Å²) in [6.45, 7) is 1.83. The van der Waals surface area contributed by atoms with Crippen molar-refractivity contribution in [3.63, 3.8) is 0 Å². The molecule has 0 radical (unpaired) electrons. The molecule has 76 valence electrons. The van der Waals surface area contributed by atoms with E-state index in [0.717, 1.165) is 0 Å². The zero-order valence-corrected chi connectivity index (χ0v) is 8.33. The van der Waals surface area contributed by atoms with Gasteiger partial charge in [0.1, 0.15) is 0 Å². The molecule has 0 saturated heterocycles. The summed E-state index contributed by atoms with van der Waals surface area (Å²) in [6, 6.07) is -0.519. The van der Waals surface area contributed by atoms with E-state index in [1.807, 2.05) is 6.92 Å². The summed E-state index contributed by atoms with van der Waals surface area (Å²) in [7, 11) is 3.27. The van der Waals surface area contributed by atoms with Crippen LogP contribution in [0.15, 0.2) is 0 Å². The first-order valence-corrected chi connectivity index (χ1v) is 4.22. The van der Waals surface area contributed by atoms with Crippen molar-refractivity contribution in [2.24, 2.45) is 5.73 Å². The number of rotatable bonds is 4. The fourth-order valence-electron chi connectivity index (χ4n) is 0.637. The molecule has 5 nitrogen and oxygen atoms in total. The van der Waals surface area contributed by atoms with Gasteiger partial charge >= 0.3 is 0 Å². The van der Waals surface area contributed by atoms with Crippen LogP contribution in [-0.2, 0) is 9.59 Å². The maximum atomic E-state index is 11.1. The average Bonchev–Trinajstić information content (AvgIpc) is 2.11. The van der Waals surface area contributed by atoms with Gasteiger partial charge in [-0.2, -0.15) is 0 Å². The highest BCUT2D eigenvalue weighted by molar-refractivity contribution is 5.87. The van der Waals surface area contributed by atoms with Crippen molar-refractivity contribution in [2.75, 3.05) is 20.6 Å². The minimum Gasteiger partial charge on any atom is -0.347 e. The molecule has 1 atom stereocenters. The van der Waals surface area contributed by atoms with Crippen LogP contribution in [0.1, 0.15) is 13.3 Å². The lowest BCUT2D eigenvalue weighted by Crippen LogP contribution is -2.44. The second kappa shape index (κ2) is 5.53. The number of nitrogens with zero attached hydrogens (tertiary/aromatic N) is 1. The molecule has 0 aromatic rings. The summed E-state index contributed by atoms with van der Waals surface area (Å²) in [5.41, 5.74) is 5.44. The Balaban J connectivity index is 3.77. The normalized spacial score (nSPS) is 12.0. The number of carbonyl (C=O) groups excluding carboxylic acids is 2. The van der Waals surface area contributed by atoms with E-state index in [4.69, 9.17) is 5.73 Å². The SMILES string of the molecule is CC[C@@H](N)C(=O)NCC(=O)N(C)C. The van der Waals surface area contributed by atoms with Gasteiger partial charge in [-0.15, -0.1) is 0 Å². The third kappa shape index (κ3) is 4.47. The maximum absolute atomic E-state index is 11.1. The number of hydrogen-bond acceptors (Lipinski definition) is 3. The molecule has 0 aliphatic heterocycles. The van der Waals surface area contributed by atoms with Gasteiger partial charge in [-0.1, -0.05) is 6.92 Å². The second-order valence-electron chi connectivity index (χ2n) is 3.02. The van der Waals surface area contributed by atoms with Gasteiger partial charge in [-0.25, -0.2) is 0 Å². The highest BCUT2D eigenvalue weighted by atomic mass is 16.2. The standard InChI is InChI=1S/C8H17N3O2/c1-4-6(9)8(13)10-5-7(12)11(2)3/h6H,4-5,9H2,1-3H3,(H,10,13)/t6-/m1/s1. The molecule has 0 aromatic heterocycles. The van der Waals surface area contributed by atoms with Crippen molar-refractivity contribution in [2.45, 2.75) is 19.4 Å². The smallest absolute Gasteiger partial charge is 0.241 e. The highest BCUT2D eigenvalue weighted by Crippen LogP contribution is 1.85. The number of hydrogen-bond donors (Lipinski definition) is 2. The molecule has 0 aliphatic rings. The largest absolute Gasteiger partial charge is 0.347 e. The van der Waals surface area contributed by atoms with Crippen LogP contribution in [0.2, 0.25) is 0 Å². The summed E-state index contributed by atoms with van der Waals surface area (Å²) in [5, 5.41) is 2.46. The van der Waals surface area contributed by atoms with Crippen LogP contribution in [-0.4, -0.2) is 43.4 Å². The molecular weight excluding hydrogens is 170 g/mol. The van der Waals surface area contributed by atoms with Crippen LogP contribution in [0.4, 0.5) is 0 Å². The van der Waals surface area contributed by atoms with Crippen molar-refractivity contribution in [1.29, 1.82) is 0 Å². The van der Waals surface area contributed by atoms with E-state index in [2.05, 4.69) is 5.32 Å². The van der Waals surface area contributed by atoms with Gasteiger partial charge < -0.3 is 16.0 Å². The van der Waals surface area contributed by atoms with E-state index >= 15 is 0 Å². The van der Waals surface area contributed by atoms with Crippen molar-refractivity contribution < 1.29 is 9.59 Å². The Kier molecular flexibility index (Phi) is 5.06. The zero-order valence-electron chi connectivity index (χ0n) is 8.33. The summed E-state index contributed by atoms with van der Waals surface area (Å²) in [6.07, 6.45) is 0.571. The molecule has 0 saturated carbocycles. The number of nitrogens with one attached hydrogen (secondary N) is 1. The Morgan fingerprint density at radius 3 is 2.38 bits per heavy atom. The van der Waals surface area contributed by atoms with Crippen LogP contribution in [0, 0.1) is 0 Å². The quantitative estimate of drug-likeness (QED) is 0.588. The first-order valence-electron chi connectivity index (χ1n) is 4.22. The Bertz CT molecular complexity index is 192. The number of likely N-dealkylation sites (N-methyl/N-ethyl adjacent to an activating group) is 1. The number of nitrogens with two attached hydrogens (primary N) is 1. The van der Waals surface area contributed by atoms with E-state index in [1.165, 1.54) is 4.90 Å². The topological polar surface area (TPSA) is 75.4 Å². The van der Waals surface area contributed by atoms with Crippen LogP contribution in [0.5, 0.6) is 0 Å². The Morgan fingerprint density at radius 2 is 2.00 bits per heavy atom. The molecule has 0 rings (SSSR count). The minimum absolute atomic E-state index is 0.0134. The Hall–Kier alpha value is -1.10. The van der Waals surface area contributed by atoms with E-state index in [1.54, 1.807) is 14.1 Å². The van der Waals surface area contributed by atoms with E-state index < -0.39 is 6.04 Å². The number of amides is 2. The monoisotopic (exact) mass is 187 g/mol. The van der Waals surface area contributed by atoms with Gasteiger partial charge in [-0.05, 0) is 6.42 Å². The Labute approximate surface area is 78.3 Å². The van der Waals surface area contributed by atoms with Gasteiger partial charge in [0.25, 0.3) is 0 Å². The first kappa shape index (κ1) is 11.9. The summed E-state index contributed by atoms with van der Waals surface area (Å²) in [4.78, 5) is 23.5. The predicted octanol–water partition coefficient (Wildman–Crippen LogP) is -1.07. The summed E-state index contributed by atoms with van der Waals surface area (Å²) >= 11 is 0. The summed E-state index contributed by atoms with van der Waals surface area (Å²) < 4.78 is 0. The lowest BCUT2D eigenvalue weighted by Gasteiger charge is -2.12. The van der Waals surface area contributed by atoms with E-state index in [-0.39, 0.29) is 18.4 Å². The predicted molar refractivity (Wildman–Crippen MR) is 50.0 cm³/mol. The third-order valence-corrected chi connectivity index (χ3v) is 1.69. The molecule has 0 fully saturated rings. The highest BCUT2D eigenvalue weighted by Gasteiger charge is 2.12. The van der Waals surface area contributed by atoms with Gasteiger partial charge in [0.05, 0.1) is 12.6 Å². The van der Waals surface area contributed by atoms with Crippen molar-refractivity contribution >= 4 is 11.8 Å². The molecule has 0 aromatic carbocycles. The van der Waals surface area contributed by atoms with Gasteiger partial charge in [-0.3, -0.25) is 9.59 Å². The zero-order chi connectivity index (χ0) is 10.4. The molecule has 13 heavy (non-hydrogen) atoms. The molecule has 0 spiro atoms. The van der Waals surface area contributed by atoms with Crippen molar-refractivity contribution in [1.82, 2.24) is 10.2 Å². The van der Waals surface area contributed by atoms with Gasteiger partial charge in [0.2, 0.25) is 11.8 Å². The molecule has 0 bridgehead atoms. The second-order valence-corrected chi connectivity index (χ2v) is 3.02. The summed E-state index contributed by atoms with van der Waals surface area (Å²) in [5.74, 6) is -0.422. The molecule has 2 amide bonds. The van der Waals surface area contributed by atoms with Crippen LogP contribution < -0.4 is 11.1 Å².